The average Bonchev–Trinajstić information content (AvgIpc) is 3.78. The second-order valence-corrected chi connectivity index (χ2v) is 11.7. The first-order valence-corrected chi connectivity index (χ1v) is 14.6. The lowest BCUT2D eigenvalue weighted by molar-refractivity contribution is -0.138. The van der Waals surface area contributed by atoms with Crippen LogP contribution in [-0.4, -0.2) is 22.4 Å². The second-order valence-electron chi connectivity index (χ2n) is 11.7. The molecule has 0 aliphatic heterocycles. The van der Waals surface area contributed by atoms with E-state index in [1.165, 1.54) is 12.1 Å². The summed E-state index contributed by atoms with van der Waals surface area (Å²) in [5.74, 6) is 0.700. The monoisotopic (exact) mass is 549 g/mol. The smallest absolute Gasteiger partial charge is 0.351 e. The SMILES string of the molecule is Cc1cc(C(=O)NCC2(c3ccccn3)CCCCC(CCc3ccccc3C(F)(F)F)CC2)cc(C2CC2)n1. The normalized spacial score (nSPS) is 21.9. The van der Waals surface area contributed by atoms with Crippen molar-refractivity contribution in [2.75, 3.05) is 6.54 Å². The number of halogens is 3. The van der Waals surface area contributed by atoms with Crippen molar-refractivity contribution in [1.29, 1.82) is 0 Å². The first-order chi connectivity index (χ1) is 19.2. The van der Waals surface area contributed by atoms with Gasteiger partial charge in [-0.05, 0) is 93.7 Å². The van der Waals surface area contributed by atoms with E-state index in [9.17, 15) is 18.0 Å². The highest BCUT2D eigenvalue weighted by atomic mass is 19.4. The maximum Gasteiger partial charge on any atom is 0.416 e. The predicted molar refractivity (Wildman–Crippen MR) is 150 cm³/mol. The van der Waals surface area contributed by atoms with Gasteiger partial charge in [0.2, 0.25) is 0 Å². The Morgan fingerprint density at radius 3 is 2.55 bits per heavy atom. The molecule has 0 saturated heterocycles. The molecule has 2 fully saturated rings. The predicted octanol–water partition coefficient (Wildman–Crippen LogP) is 7.95. The quantitative estimate of drug-likeness (QED) is 0.310. The zero-order chi connectivity index (χ0) is 28.2. The lowest BCUT2D eigenvalue weighted by Crippen LogP contribution is -2.42. The van der Waals surface area contributed by atoms with E-state index in [-0.39, 0.29) is 11.3 Å². The Kier molecular flexibility index (Phi) is 8.57. The minimum Gasteiger partial charge on any atom is -0.351 e. The molecule has 7 heteroatoms. The molecule has 212 valence electrons. The fourth-order valence-corrected chi connectivity index (χ4v) is 6.27. The molecule has 2 heterocycles. The molecule has 2 aliphatic carbocycles. The molecule has 3 aromatic rings. The standard InChI is InChI=1S/C33H38F3N3O/c1-23-20-27(21-29(39-23)26-14-15-26)31(40)38-22-32(30-11-5-7-19-37-30)17-6-4-8-24(16-18-32)12-13-25-9-2-3-10-28(25)33(34,35)36/h2-3,5,7,9-11,19-21,24,26H,4,6,8,12-18,22H2,1H3,(H,38,40). The number of carbonyl (C=O) groups is 1. The van der Waals surface area contributed by atoms with E-state index in [1.54, 1.807) is 18.3 Å². The van der Waals surface area contributed by atoms with Crippen LogP contribution in [0.3, 0.4) is 0 Å². The van der Waals surface area contributed by atoms with Gasteiger partial charge in [-0.3, -0.25) is 14.8 Å². The fourth-order valence-electron chi connectivity index (χ4n) is 6.27. The van der Waals surface area contributed by atoms with Gasteiger partial charge in [-0.15, -0.1) is 0 Å². The maximum absolute atomic E-state index is 13.5. The van der Waals surface area contributed by atoms with Crippen molar-refractivity contribution in [1.82, 2.24) is 15.3 Å². The Morgan fingerprint density at radius 2 is 1.80 bits per heavy atom. The molecule has 2 aromatic heterocycles. The number of rotatable bonds is 8. The fraction of sp³-hybridized carbons (Fsp3) is 0.485. The molecule has 2 unspecified atom stereocenters. The molecule has 2 aliphatic rings. The van der Waals surface area contributed by atoms with Crippen LogP contribution in [0.1, 0.15) is 102 Å². The minimum atomic E-state index is -4.34. The molecule has 1 amide bonds. The first-order valence-electron chi connectivity index (χ1n) is 14.6. The molecular formula is C33H38F3N3O. The van der Waals surface area contributed by atoms with Crippen molar-refractivity contribution < 1.29 is 18.0 Å². The van der Waals surface area contributed by atoms with Crippen LogP contribution in [0.5, 0.6) is 0 Å². The van der Waals surface area contributed by atoms with E-state index in [0.717, 1.165) is 74.9 Å². The summed E-state index contributed by atoms with van der Waals surface area (Å²) >= 11 is 0. The highest BCUT2D eigenvalue weighted by Crippen LogP contribution is 2.41. The number of hydrogen-bond acceptors (Lipinski definition) is 3. The molecular weight excluding hydrogens is 511 g/mol. The van der Waals surface area contributed by atoms with Gasteiger partial charge in [-0.25, -0.2) is 0 Å². The third-order valence-electron chi connectivity index (χ3n) is 8.72. The molecule has 1 aromatic carbocycles. The number of aromatic nitrogens is 2. The number of nitrogens with one attached hydrogen (secondary N) is 1. The highest BCUT2D eigenvalue weighted by Gasteiger charge is 2.36. The van der Waals surface area contributed by atoms with Crippen LogP contribution >= 0.6 is 0 Å². The number of amides is 1. The minimum absolute atomic E-state index is 0.0925. The molecule has 1 N–H and O–H groups in total. The Morgan fingerprint density at radius 1 is 1.00 bits per heavy atom. The summed E-state index contributed by atoms with van der Waals surface area (Å²) in [6, 6.07) is 15.7. The average molecular weight is 550 g/mol. The van der Waals surface area contributed by atoms with Crippen LogP contribution < -0.4 is 5.32 Å². The lowest BCUT2D eigenvalue weighted by atomic mass is 9.70. The molecule has 0 radical (unpaired) electrons. The number of alkyl halides is 3. The Labute approximate surface area is 234 Å². The van der Waals surface area contributed by atoms with Gasteiger partial charge < -0.3 is 5.32 Å². The third kappa shape index (κ3) is 6.91. The van der Waals surface area contributed by atoms with Gasteiger partial charge in [0.15, 0.2) is 0 Å². The summed E-state index contributed by atoms with van der Waals surface area (Å²) < 4.78 is 40.6. The van der Waals surface area contributed by atoms with Crippen molar-refractivity contribution in [3.63, 3.8) is 0 Å². The van der Waals surface area contributed by atoms with Crippen LogP contribution in [-0.2, 0) is 18.0 Å². The molecule has 40 heavy (non-hydrogen) atoms. The first kappa shape index (κ1) is 28.3. The summed E-state index contributed by atoms with van der Waals surface area (Å²) in [6.45, 7) is 2.41. The van der Waals surface area contributed by atoms with Gasteiger partial charge in [-0.2, -0.15) is 13.2 Å². The third-order valence-corrected chi connectivity index (χ3v) is 8.72. The van der Waals surface area contributed by atoms with E-state index >= 15 is 0 Å². The van der Waals surface area contributed by atoms with Crippen LogP contribution in [0, 0.1) is 12.8 Å². The van der Waals surface area contributed by atoms with Crippen molar-refractivity contribution in [2.45, 2.75) is 88.6 Å². The van der Waals surface area contributed by atoms with Crippen LogP contribution in [0.2, 0.25) is 0 Å². The number of aryl methyl sites for hydroxylation is 2. The highest BCUT2D eigenvalue weighted by molar-refractivity contribution is 5.94. The summed E-state index contributed by atoms with van der Waals surface area (Å²) in [5, 5.41) is 3.24. The summed E-state index contributed by atoms with van der Waals surface area (Å²) in [7, 11) is 0. The summed E-state index contributed by atoms with van der Waals surface area (Å²) in [4.78, 5) is 22.7. The van der Waals surface area contributed by atoms with E-state index < -0.39 is 11.7 Å². The van der Waals surface area contributed by atoms with Crippen molar-refractivity contribution in [3.05, 3.63) is 94.6 Å². The molecule has 0 spiro atoms. The Bertz CT molecular complexity index is 1310. The van der Waals surface area contributed by atoms with Gasteiger partial charge >= 0.3 is 6.18 Å². The zero-order valence-corrected chi connectivity index (χ0v) is 23.1. The second kappa shape index (κ2) is 12.1. The molecule has 0 bridgehead atoms. The summed E-state index contributed by atoms with van der Waals surface area (Å²) in [5.41, 5.74) is 3.02. The largest absolute Gasteiger partial charge is 0.416 e. The Hall–Kier alpha value is -3.22. The van der Waals surface area contributed by atoms with Gasteiger partial charge in [0.1, 0.15) is 0 Å². The van der Waals surface area contributed by atoms with Gasteiger partial charge in [0.05, 0.1) is 5.56 Å². The maximum atomic E-state index is 13.5. The topological polar surface area (TPSA) is 54.9 Å². The molecule has 4 nitrogen and oxygen atoms in total. The van der Waals surface area contributed by atoms with Gasteiger partial charge in [0, 0.05) is 46.7 Å². The lowest BCUT2D eigenvalue weighted by Gasteiger charge is -2.37. The summed E-state index contributed by atoms with van der Waals surface area (Å²) in [6.07, 6.45) is 6.51. The van der Waals surface area contributed by atoms with E-state index in [1.807, 2.05) is 37.3 Å². The molecule has 2 saturated carbocycles. The number of carbonyl (C=O) groups excluding carboxylic acids is 1. The van der Waals surface area contributed by atoms with E-state index in [4.69, 9.17) is 4.98 Å². The van der Waals surface area contributed by atoms with Crippen LogP contribution in [0.15, 0.2) is 60.8 Å². The number of benzene rings is 1. The van der Waals surface area contributed by atoms with E-state index in [0.29, 0.717) is 35.9 Å². The van der Waals surface area contributed by atoms with Crippen molar-refractivity contribution in [3.8, 4) is 0 Å². The zero-order valence-electron chi connectivity index (χ0n) is 23.1. The number of nitrogens with zero attached hydrogens (tertiary/aromatic N) is 2. The molecule has 2 atom stereocenters. The van der Waals surface area contributed by atoms with Crippen molar-refractivity contribution >= 4 is 5.91 Å². The Balaban J connectivity index is 1.30. The van der Waals surface area contributed by atoms with Crippen LogP contribution in [0.4, 0.5) is 13.2 Å². The van der Waals surface area contributed by atoms with Gasteiger partial charge in [0.25, 0.3) is 5.91 Å². The number of hydrogen-bond donors (Lipinski definition) is 1. The van der Waals surface area contributed by atoms with E-state index in [2.05, 4.69) is 10.3 Å². The van der Waals surface area contributed by atoms with Crippen molar-refractivity contribution in [2.24, 2.45) is 5.92 Å². The molecule has 5 rings (SSSR count). The van der Waals surface area contributed by atoms with Gasteiger partial charge in [-0.1, -0.05) is 43.5 Å². The van der Waals surface area contributed by atoms with Crippen LogP contribution in [0.25, 0.3) is 0 Å². The number of pyridine rings is 2.